The Morgan fingerprint density at radius 3 is 2.46 bits per heavy atom. The van der Waals surface area contributed by atoms with E-state index in [1.165, 1.54) is 11.8 Å². The van der Waals surface area contributed by atoms with Crippen molar-refractivity contribution in [3.05, 3.63) is 77.5 Å². The lowest BCUT2D eigenvalue weighted by atomic mass is 9.92. The van der Waals surface area contributed by atoms with Gasteiger partial charge in [0.2, 0.25) is 5.88 Å². The fourth-order valence-corrected chi connectivity index (χ4v) is 5.17. The molecule has 2 N–H and O–H groups in total. The number of ether oxygens (including phenoxy) is 1. The van der Waals surface area contributed by atoms with Gasteiger partial charge in [0.15, 0.2) is 0 Å². The van der Waals surface area contributed by atoms with Crippen molar-refractivity contribution in [2.45, 2.75) is 56.8 Å². The topological polar surface area (TPSA) is 97.4 Å². The lowest BCUT2D eigenvalue weighted by Crippen LogP contribution is -2.24. The number of sulfonamides is 1. The van der Waals surface area contributed by atoms with Crippen LogP contribution in [0.15, 0.2) is 65.7 Å². The van der Waals surface area contributed by atoms with E-state index < -0.39 is 10.0 Å². The Balaban J connectivity index is 1.34. The first kappa shape index (κ1) is 24.7. The predicted octanol–water partition coefficient (Wildman–Crippen LogP) is 5.47. The number of aryl methyl sites for hydroxylation is 2. The standard InChI is InChI=1S/C27H31N3O4S/c1-2-3-6-17-28-27(31)22-10-16-26(29-19-22)34-24-13-11-23(12-14-24)30-35(32,33)25-15-9-20-7-4-5-8-21(20)18-25/h9-16,18-19,30H,2-8,17H2,1H3,(H,28,31). The van der Waals surface area contributed by atoms with Crippen LogP contribution in [-0.2, 0) is 22.9 Å². The molecule has 8 heteroatoms. The molecule has 0 bridgehead atoms. The number of amides is 1. The highest BCUT2D eigenvalue weighted by Crippen LogP contribution is 2.26. The van der Waals surface area contributed by atoms with E-state index in [4.69, 9.17) is 4.74 Å². The van der Waals surface area contributed by atoms with E-state index in [-0.39, 0.29) is 10.8 Å². The minimum Gasteiger partial charge on any atom is -0.439 e. The molecule has 3 aromatic rings. The summed E-state index contributed by atoms with van der Waals surface area (Å²) in [5, 5.41) is 2.88. The van der Waals surface area contributed by atoms with Gasteiger partial charge < -0.3 is 10.1 Å². The van der Waals surface area contributed by atoms with Gasteiger partial charge in [-0.3, -0.25) is 9.52 Å². The van der Waals surface area contributed by atoms with Crippen molar-refractivity contribution < 1.29 is 17.9 Å². The van der Waals surface area contributed by atoms with Crippen molar-refractivity contribution in [1.82, 2.24) is 10.3 Å². The number of carbonyl (C=O) groups excluding carboxylic acids is 1. The van der Waals surface area contributed by atoms with Crippen LogP contribution < -0.4 is 14.8 Å². The van der Waals surface area contributed by atoms with E-state index in [2.05, 4.69) is 21.9 Å². The Morgan fingerprint density at radius 2 is 1.74 bits per heavy atom. The van der Waals surface area contributed by atoms with E-state index in [0.717, 1.165) is 50.5 Å². The summed E-state index contributed by atoms with van der Waals surface area (Å²) in [7, 11) is -3.68. The van der Waals surface area contributed by atoms with Crippen LogP contribution in [0.1, 0.15) is 60.5 Å². The van der Waals surface area contributed by atoms with Crippen LogP contribution in [-0.4, -0.2) is 25.9 Å². The molecular weight excluding hydrogens is 462 g/mol. The fraction of sp³-hybridized carbons (Fsp3) is 0.333. The number of carbonyl (C=O) groups is 1. The number of unbranched alkanes of at least 4 members (excludes halogenated alkanes) is 2. The molecule has 1 aliphatic rings. The minimum absolute atomic E-state index is 0.157. The molecule has 0 aliphatic heterocycles. The first-order valence-corrected chi connectivity index (χ1v) is 13.6. The van der Waals surface area contributed by atoms with Crippen LogP contribution in [0.3, 0.4) is 0 Å². The largest absolute Gasteiger partial charge is 0.439 e. The molecule has 184 valence electrons. The number of pyridine rings is 1. The molecule has 2 aromatic carbocycles. The number of aromatic nitrogens is 1. The Kier molecular flexibility index (Phi) is 8.02. The number of nitrogens with one attached hydrogen (secondary N) is 2. The van der Waals surface area contributed by atoms with Crippen LogP contribution >= 0.6 is 0 Å². The van der Waals surface area contributed by atoms with Gasteiger partial charge in [0.25, 0.3) is 15.9 Å². The van der Waals surface area contributed by atoms with E-state index in [1.807, 2.05) is 6.07 Å². The van der Waals surface area contributed by atoms with Crippen LogP contribution in [0, 0.1) is 0 Å². The zero-order valence-corrected chi connectivity index (χ0v) is 20.7. The SMILES string of the molecule is CCCCCNC(=O)c1ccc(Oc2ccc(NS(=O)(=O)c3ccc4c(c3)CCCC4)cc2)nc1. The van der Waals surface area contributed by atoms with Gasteiger partial charge in [-0.05, 0) is 85.7 Å². The van der Waals surface area contributed by atoms with E-state index in [0.29, 0.717) is 29.4 Å². The van der Waals surface area contributed by atoms with Crippen LogP contribution in [0.2, 0.25) is 0 Å². The summed E-state index contributed by atoms with van der Waals surface area (Å²) in [4.78, 5) is 16.6. The molecule has 0 fully saturated rings. The lowest BCUT2D eigenvalue weighted by molar-refractivity contribution is 0.0952. The second-order valence-corrected chi connectivity index (χ2v) is 10.4. The zero-order valence-electron chi connectivity index (χ0n) is 19.9. The quantitative estimate of drug-likeness (QED) is 0.365. The molecule has 0 unspecified atom stereocenters. The van der Waals surface area contributed by atoms with Crippen LogP contribution in [0.25, 0.3) is 0 Å². The van der Waals surface area contributed by atoms with Crippen molar-refractivity contribution in [2.75, 3.05) is 11.3 Å². The number of fused-ring (bicyclic) bond motifs is 1. The summed E-state index contributed by atoms with van der Waals surface area (Å²) in [5.74, 6) is 0.691. The smallest absolute Gasteiger partial charge is 0.261 e. The second kappa shape index (κ2) is 11.4. The summed E-state index contributed by atoms with van der Waals surface area (Å²) in [5.41, 5.74) is 3.28. The summed E-state index contributed by atoms with van der Waals surface area (Å²) >= 11 is 0. The minimum atomic E-state index is -3.68. The molecule has 0 atom stereocenters. The first-order valence-electron chi connectivity index (χ1n) is 12.1. The van der Waals surface area contributed by atoms with Gasteiger partial charge >= 0.3 is 0 Å². The summed E-state index contributed by atoms with van der Waals surface area (Å²) in [6.07, 6.45) is 8.79. The molecule has 35 heavy (non-hydrogen) atoms. The number of rotatable bonds is 10. The molecular formula is C27H31N3O4S. The van der Waals surface area contributed by atoms with Gasteiger partial charge in [0, 0.05) is 24.5 Å². The highest BCUT2D eigenvalue weighted by atomic mass is 32.2. The second-order valence-electron chi connectivity index (χ2n) is 8.72. The fourth-order valence-electron chi connectivity index (χ4n) is 4.06. The Bertz CT molecular complexity index is 1260. The van der Waals surface area contributed by atoms with Crippen molar-refractivity contribution in [3.63, 3.8) is 0 Å². The van der Waals surface area contributed by atoms with E-state index >= 15 is 0 Å². The van der Waals surface area contributed by atoms with Crippen LogP contribution in [0.5, 0.6) is 11.6 Å². The van der Waals surface area contributed by atoms with Crippen LogP contribution in [0.4, 0.5) is 5.69 Å². The summed E-state index contributed by atoms with van der Waals surface area (Å²) in [6, 6.07) is 15.3. The third-order valence-corrected chi connectivity index (χ3v) is 7.40. The maximum Gasteiger partial charge on any atom is 0.261 e. The molecule has 7 nitrogen and oxygen atoms in total. The predicted molar refractivity (Wildman–Crippen MR) is 137 cm³/mol. The highest BCUT2D eigenvalue weighted by Gasteiger charge is 2.18. The molecule has 0 radical (unpaired) electrons. The Morgan fingerprint density at radius 1 is 0.971 bits per heavy atom. The van der Waals surface area contributed by atoms with E-state index in [9.17, 15) is 13.2 Å². The van der Waals surface area contributed by atoms with Crippen molar-refractivity contribution >= 4 is 21.6 Å². The van der Waals surface area contributed by atoms with Crippen molar-refractivity contribution in [1.29, 1.82) is 0 Å². The highest BCUT2D eigenvalue weighted by molar-refractivity contribution is 7.92. The molecule has 1 heterocycles. The van der Waals surface area contributed by atoms with Gasteiger partial charge in [0.05, 0.1) is 10.5 Å². The third kappa shape index (κ3) is 6.60. The Hall–Kier alpha value is -3.39. The third-order valence-electron chi connectivity index (χ3n) is 6.02. The molecule has 0 saturated heterocycles. The maximum atomic E-state index is 12.9. The average molecular weight is 494 g/mol. The van der Waals surface area contributed by atoms with Crippen molar-refractivity contribution in [3.8, 4) is 11.6 Å². The van der Waals surface area contributed by atoms with Crippen molar-refractivity contribution in [2.24, 2.45) is 0 Å². The number of hydrogen-bond acceptors (Lipinski definition) is 5. The van der Waals surface area contributed by atoms with Gasteiger partial charge in [0.1, 0.15) is 5.75 Å². The monoisotopic (exact) mass is 493 g/mol. The summed E-state index contributed by atoms with van der Waals surface area (Å²) in [6.45, 7) is 2.76. The molecule has 1 amide bonds. The normalized spacial score (nSPS) is 13.1. The average Bonchev–Trinajstić information content (AvgIpc) is 2.87. The Labute approximate surface area is 207 Å². The molecule has 1 aliphatic carbocycles. The number of anilines is 1. The number of nitrogens with zero attached hydrogens (tertiary/aromatic N) is 1. The van der Waals surface area contributed by atoms with Gasteiger partial charge in [-0.15, -0.1) is 0 Å². The van der Waals surface area contributed by atoms with E-state index in [1.54, 1.807) is 48.5 Å². The maximum absolute atomic E-state index is 12.9. The molecule has 0 spiro atoms. The lowest BCUT2D eigenvalue weighted by Gasteiger charge is -2.17. The number of hydrogen-bond donors (Lipinski definition) is 2. The number of benzene rings is 2. The zero-order chi connectivity index (χ0) is 24.7. The van der Waals surface area contributed by atoms with Gasteiger partial charge in [-0.1, -0.05) is 25.8 Å². The molecule has 4 rings (SSSR count). The van der Waals surface area contributed by atoms with Gasteiger partial charge in [-0.2, -0.15) is 0 Å². The first-order chi connectivity index (χ1) is 16.9. The molecule has 0 saturated carbocycles. The molecule has 1 aromatic heterocycles. The summed E-state index contributed by atoms with van der Waals surface area (Å²) < 4.78 is 34.1. The van der Waals surface area contributed by atoms with Gasteiger partial charge in [-0.25, -0.2) is 13.4 Å².